The highest BCUT2D eigenvalue weighted by Crippen LogP contribution is 2.29. The minimum Gasteiger partial charge on any atom is -0.489 e. The maximum Gasteiger partial charge on any atom is 0.143 e. The van der Waals surface area contributed by atoms with E-state index >= 15 is 0 Å². The topological polar surface area (TPSA) is 38.7 Å². The van der Waals surface area contributed by atoms with Gasteiger partial charge in [0, 0.05) is 5.56 Å². The second-order valence-corrected chi connectivity index (χ2v) is 4.75. The van der Waals surface area contributed by atoms with E-state index in [1.807, 2.05) is 0 Å². The molecule has 1 heterocycles. The number of rotatable bonds is 4. The van der Waals surface area contributed by atoms with Gasteiger partial charge in [-0.1, -0.05) is 23.7 Å². The summed E-state index contributed by atoms with van der Waals surface area (Å²) in [4.78, 5) is 0. The molecule has 1 N–H and O–H groups in total. The highest BCUT2D eigenvalue weighted by Gasteiger charge is 2.22. The normalized spacial score (nSPS) is 23.9. The van der Waals surface area contributed by atoms with Gasteiger partial charge in [0.1, 0.15) is 12.4 Å². The molecule has 0 spiro atoms. The Hall–Kier alpha value is -0.770. The molecule has 17 heavy (non-hydrogen) atoms. The number of halogens is 1. The van der Waals surface area contributed by atoms with Gasteiger partial charge < -0.3 is 14.6 Å². The number of aliphatic hydroxyl groups is 1. The van der Waals surface area contributed by atoms with Crippen molar-refractivity contribution in [3.8, 4) is 5.75 Å². The average molecular weight is 257 g/mol. The third-order valence-electron chi connectivity index (χ3n) is 2.95. The Morgan fingerprint density at radius 2 is 2.29 bits per heavy atom. The van der Waals surface area contributed by atoms with E-state index < -0.39 is 0 Å². The molecule has 1 aliphatic heterocycles. The minimum absolute atomic E-state index is 0.0716. The molecule has 0 bridgehead atoms. The van der Waals surface area contributed by atoms with Gasteiger partial charge in [0.2, 0.25) is 0 Å². The molecule has 0 amide bonds. The lowest BCUT2D eigenvalue weighted by Crippen LogP contribution is -2.18. The Kier molecular flexibility index (Phi) is 4.26. The van der Waals surface area contributed by atoms with Crippen LogP contribution >= 0.6 is 11.6 Å². The van der Waals surface area contributed by atoms with E-state index in [1.54, 1.807) is 18.2 Å². The molecule has 1 aromatic carbocycles. The molecule has 3 nitrogen and oxygen atoms in total. The van der Waals surface area contributed by atoms with Crippen LogP contribution in [-0.2, 0) is 11.3 Å². The third-order valence-corrected chi connectivity index (χ3v) is 3.25. The van der Waals surface area contributed by atoms with E-state index in [4.69, 9.17) is 21.1 Å². The number of aliphatic hydroxyl groups excluding tert-OH is 1. The van der Waals surface area contributed by atoms with E-state index in [9.17, 15) is 5.11 Å². The molecular weight excluding hydrogens is 240 g/mol. The lowest BCUT2D eigenvalue weighted by Gasteiger charge is -2.15. The molecule has 4 heteroatoms. The van der Waals surface area contributed by atoms with E-state index in [2.05, 4.69) is 6.92 Å². The van der Waals surface area contributed by atoms with Gasteiger partial charge in [-0.15, -0.1) is 0 Å². The number of hydrogen-bond donors (Lipinski definition) is 1. The molecular formula is C13H17ClO3. The van der Waals surface area contributed by atoms with Crippen molar-refractivity contribution in [3.63, 3.8) is 0 Å². The zero-order valence-corrected chi connectivity index (χ0v) is 10.6. The van der Waals surface area contributed by atoms with Crippen LogP contribution in [0.15, 0.2) is 18.2 Å². The molecule has 2 unspecified atom stereocenters. The van der Waals surface area contributed by atoms with Crippen molar-refractivity contribution >= 4 is 11.6 Å². The number of para-hydroxylation sites is 1. The fourth-order valence-electron chi connectivity index (χ4n) is 2.02. The molecule has 1 aromatic rings. The van der Waals surface area contributed by atoms with Crippen molar-refractivity contribution < 1.29 is 14.6 Å². The summed E-state index contributed by atoms with van der Waals surface area (Å²) in [7, 11) is 0. The summed E-state index contributed by atoms with van der Waals surface area (Å²) in [6, 6.07) is 5.36. The Labute approximate surface area is 106 Å². The Balaban J connectivity index is 1.98. The van der Waals surface area contributed by atoms with Gasteiger partial charge in [0.05, 0.1) is 23.8 Å². The van der Waals surface area contributed by atoms with Crippen LogP contribution in [-0.4, -0.2) is 23.9 Å². The lowest BCUT2D eigenvalue weighted by atomic mass is 10.2. The Morgan fingerprint density at radius 3 is 2.94 bits per heavy atom. The SMILES string of the molecule is CC1CCC(COc2c(Cl)cccc2CO)O1. The molecule has 0 aliphatic carbocycles. The van der Waals surface area contributed by atoms with Gasteiger partial charge in [-0.2, -0.15) is 0 Å². The molecule has 1 fully saturated rings. The second kappa shape index (κ2) is 5.71. The first kappa shape index (κ1) is 12.7. The maximum absolute atomic E-state index is 9.21. The van der Waals surface area contributed by atoms with Crippen molar-refractivity contribution in [1.29, 1.82) is 0 Å². The molecule has 2 atom stereocenters. The summed E-state index contributed by atoms with van der Waals surface area (Å²) in [6.45, 7) is 2.48. The molecule has 0 aromatic heterocycles. The summed E-state index contributed by atoms with van der Waals surface area (Å²) in [5, 5.41) is 9.74. The maximum atomic E-state index is 9.21. The average Bonchev–Trinajstić information content (AvgIpc) is 2.73. The first-order chi connectivity index (χ1) is 8.20. The van der Waals surface area contributed by atoms with Crippen LogP contribution in [0.3, 0.4) is 0 Å². The number of benzene rings is 1. The first-order valence-electron chi connectivity index (χ1n) is 5.87. The number of ether oxygens (including phenoxy) is 2. The van der Waals surface area contributed by atoms with Crippen LogP contribution in [0.25, 0.3) is 0 Å². The van der Waals surface area contributed by atoms with Crippen molar-refractivity contribution in [2.75, 3.05) is 6.61 Å². The van der Waals surface area contributed by atoms with Gasteiger partial charge in [-0.3, -0.25) is 0 Å². The van der Waals surface area contributed by atoms with E-state index in [1.165, 1.54) is 0 Å². The number of hydrogen-bond acceptors (Lipinski definition) is 3. The molecule has 0 saturated carbocycles. The molecule has 1 aliphatic rings. The predicted molar refractivity (Wildman–Crippen MR) is 66.4 cm³/mol. The van der Waals surface area contributed by atoms with Gasteiger partial charge >= 0.3 is 0 Å². The van der Waals surface area contributed by atoms with Crippen LogP contribution < -0.4 is 4.74 Å². The Bertz CT molecular complexity index is 381. The zero-order valence-electron chi connectivity index (χ0n) is 9.86. The lowest BCUT2D eigenvalue weighted by molar-refractivity contribution is 0.0260. The third kappa shape index (κ3) is 3.12. The fourth-order valence-corrected chi connectivity index (χ4v) is 2.27. The highest BCUT2D eigenvalue weighted by atomic mass is 35.5. The standard InChI is InChI=1S/C13H17ClO3/c1-9-5-6-11(17-9)8-16-13-10(7-15)3-2-4-12(13)14/h2-4,9,11,15H,5-8H2,1H3. The largest absolute Gasteiger partial charge is 0.489 e. The fraction of sp³-hybridized carbons (Fsp3) is 0.538. The van der Waals surface area contributed by atoms with E-state index in [0.29, 0.717) is 29.0 Å². The van der Waals surface area contributed by atoms with Crippen LogP contribution in [0.1, 0.15) is 25.3 Å². The molecule has 1 saturated heterocycles. The smallest absolute Gasteiger partial charge is 0.143 e. The highest BCUT2D eigenvalue weighted by molar-refractivity contribution is 6.32. The van der Waals surface area contributed by atoms with Crippen molar-refractivity contribution in [2.45, 2.75) is 38.6 Å². The van der Waals surface area contributed by atoms with Crippen LogP contribution in [0, 0.1) is 0 Å². The quantitative estimate of drug-likeness (QED) is 0.900. The monoisotopic (exact) mass is 256 g/mol. The van der Waals surface area contributed by atoms with Gasteiger partial charge in [0.25, 0.3) is 0 Å². The van der Waals surface area contributed by atoms with Crippen LogP contribution in [0.4, 0.5) is 0 Å². The zero-order chi connectivity index (χ0) is 12.3. The molecule has 94 valence electrons. The summed E-state index contributed by atoms with van der Waals surface area (Å²) in [5.74, 6) is 0.569. The summed E-state index contributed by atoms with van der Waals surface area (Å²) in [6.07, 6.45) is 2.53. The minimum atomic E-state index is -0.0716. The summed E-state index contributed by atoms with van der Waals surface area (Å²) < 4.78 is 11.3. The van der Waals surface area contributed by atoms with E-state index in [0.717, 1.165) is 12.8 Å². The van der Waals surface area contributed by atoms with Crippen molar-refractivity contribution in [2.24, 2.45) is 0 Å². The van der Waals surface area contributed by atoms with Crippen LogP contribution in [0.5, 0.6) is 5.75 Å². The molecule has 0 radical (unpaired) electrons. The first-order valence-corrected chi connectivity index (χ1v) is 6.25. The summed E-state index contributed by atoms with van der Waals surface area (Å²) >= 11 is 6.05. The van der Waals surface area contributed by atoms with Gasteiger partial charge in [-0.05, 0) is 25.8 Å². The van der Waals surface area contributed by atoms with E-state index in [-0.39, 0.29) is 12.7 Å². The van der Waals surface area contributed by atoms with Crippen molar-refractivity contribution in [3.05, 3.63) is 28.8 Å². The summed E-state index contributed by atoms with van der Waals surface area (Å²) in [5.41, 5.74) is 0.712. The molecule has 2 rings (SSSR count). The second-order valence-electron chi connectivity index (χ2n) is 4.34. The Morgan fingerprint density at radius 1 is 1.47 bits per heavy atom. The van der Waals surface area contributed by atoms with Gasteiger partial charge in [-0.25, -0.2) is 0 Å². The van der Waals surface area contributed by atoms with Gasteiger partial charge in [0.15, 0.2) is 0 Å². The predicted octanol–water partition coefficient (Wildman–Crippen LogP) is 2.78. The van der Waals surface area contributed by atoms with Crippen LogP contribution in [0.2, 0.25) is 5.02 Å². The van der Waals surface area contributed by atoms with Crippen molar-refractivity contribution in [1.82, 2.24) is 0 Å².